The number of nitrogens with zero attached hydrogens (tertiary/aromatic N) is 3. The number of hydrogen-bond donors (Lipinski definition) is 1. The van der Waals surface area contributed by atoms with Crippen molar-refractivity contribution in [1.82, 2.24) is 4.98 Å². The van der Waals surface area contributed by atoms with Crippen LogP contribution in [-0.4, -0.2) is 40.6 Å². The number of nitrogens with one attached hydrogen (secondary N) is 1. The number of anilines is 4. The van der Waals surface area contributed by atoms with E-state index in [2.05, 4.69) is 45.5 Å². The Morgan fingerprint density at radius 1 is 1.17 bits per heavy atom. The Kier molecular flexibility index (Phi) is 5.33. The van der Waals surface area contributed by atoms with Gasteiger partial charge in [0.1, 0.15) is 12.4 Å². The van der Waals surface area contributed by atoms with E-state index < -0.39 is 10.0 Å². The van der Waals surface area contributed by atoms with E-state index in [0.29, 0.717) is 24.0 Å². The Morgan fingerprint density at radius 2 is 1.90 bits per heavy atom. The summed E-state index contributed by atoms with van der Waals surface area (Å²) in [5.74, 6) is 0.551. The third-order valence-corrected chi connectivity index (χ3v) is 7.15. The fourth-order valence-electron chi connectivity index (χ4n) is 3.88. The van der Waals surface area contributed by atoms with E-state index >= 15 is 0 Å². The molecule has 0 atom stereocenters. The van der Waals surface area contributed by atoms with E-state index in [4.69, 9.17) is 4.74 Å². The van der Waals surface area contributed by atoms with E-state index in [1.165, 1.54) is 28.2 Å². The molecule has 1 N–H and O–H groups in total. The number of aryl methyl sites for hydroxylation is 2. The van der Waals surface area contributed by atoms with Crippen LogP contribution in [0, 0.1) is 13.8 Å². The van der Waals surface area contributed by atoms with E-state index in [-0.39, 0.29) is 4.90 Å². The minimum Gasteiger partial charge on any atom is -0.489 e. The first-order valence-corrected chi connectivity index (χ1v) is 11.9. The van der Waals surface area contributed by atoms with Gasteiger partial charge in [-0.25, -0.2) is 13.4 Å². The van der Waals surface area contributed by atoms with Crippen molar-refractivity contribution in [3.8, 4) is 5.75 Å². The predicted octanol–water partition coefficient (Wildman–Crippen LogP) is 4.16. The average Bonchev–Trinajstić information content (AvgIpc) is 3.18. The van der Waals surface area contributed by atoms with Gasteiger partial charge in [-0.3, -0.25) is 4.72 Å². The molecule has 0 spiro atoms. The van der Waals surface area contributed by atoms with E-state index in [1.807, 2.05) is 14.1 Å². The van der Waals surface area contributed by atoms with Crippen LogP contribution in [0.4, 0.5) is 22.2 Å². The van der Waals surface area contributed by atoms with Gasteiger partial charge in [0.05, 0.1) is 17.1 Å². The summed E-state index contributed by atoms with van der Waals surface area (Å²) in [6, 6.07) is 9.29. The zero-order valence-electron chi connectivity index (χ0n) is 17.3. The molecule has 1 aliphatic rings. The molecule has 9 heteroatoms. The van der Waals surface area contributed by atoms with Crippen molar-refractivity contribution >= 4 is 43.6 Å². The van der Waals surface area contributed by atoms with Gasteiger partial charge in [-0.15, -0.1) is 11.3 Å². The summed E-state index contributed by atoms with van der Waals surface area (Å²) in [4.78, 5) is 8.42. The van der Waals surface area contributed by atoms with Crippen LogP contribution in [0.1, 0.15) is 11.1 Å². The fourth-order valence-corrected chi connectivity index (χ4v) is 5.68. The number of thiazole rings is 1. The Bertz CT molecular complexity index is 1150. The summed E-state index contributed by atoms with van der Waals surface area (Å²) in [5.41, 5.74) is 5.51. The molecule has 0 bridgehead atoms. The number of ether oxygens (including phenoxy) is 1. The molecule has 0 saturated carbocycles. The standard InChI is InChI=1S/C21H24N4O3S2/c1-14-11-16(12-15(2)20(14)24(3)4)25-8-9-28-19-13-17(5-6-18(19)25)30(26,27)23-21-22-7-10-29-21/h5-7,10-13H,8-9H2,1-4H3,(H,22,23). The Hall–Kier alpha value is -2.78. The highest BCUT2D eigenvalue weighted by atomic mass is 32.2. The van der Waals surface area contributed by atoms with Crippen molar-refractivity contribution in [2.75, 3.05) is 41.8 Å². The SMILES string of the molecule is Cc1cc(N2CCOc3cc(S(=O)(=O)Nc4nccs4)ccc32)cc(C)c1N(C)C. The number of fused-ring (bicyclic) bond motifs is 1. The minimum absolute atomic E-state index is 0.147. The van der Waals surface area contributed by atoms with Gasteiger partial charge in [0.2, 0.25) is 0 Å². The largest absolute Gasteiger partial charge is 0.489 e. The maximum Gasteiger partial charge on any atom is 0.263 e. The summed E-state index contributed by atoms with van der Waals surface area (Å²) in [6.07, 6.45) is 1.56. The van der Waals surface area contributed by atoms with Crippen molar-refractivity contribution in [2.24, 2.45) is 0 Å². The number of hydrogen-bond acceptors (Lipinski definition) is 7. The Balaban J connectivity index is 1.69. The molecule has 0 amide bonds. The van der Waals surface area contributed by atoms with Gasteiger partial charge < -0.3 is 14.5 Å². The molecule has 3 aromatic rings. The topological polar surface area (TPSA) is 74.8 Å². The number of benzene rings is 2. The van der Waals surface area contributed by atoms with Crippen LogP contribution in [0.2, 0.25) is 0 Å². The number of aromatic nitrogens is 1. The highest BCUT2D eigenvalue weighted by molar-refractivity contribution is 7.93. The third-order valence-electron chi connectivity index (χ3n) is 4.99. The Morgan fingerprint density at radius 3 is 2.53 bits per heavy atom. The number of rotatable bonds is 5. The molecule has 1 aliphatic heterocycles. The maximum atomic E-state index is 12.7. The lowest BCUT2D eigenvalue weighted by Crippen LogP contribution is -2.29. The molecule has 4 rings (SSSR count). The molecule has 158 valence electrons. The first-order chi connectivity index (χ1) is 14.3. The third kappa shape index (κ3) is 3.82. The van der Waals surface area contributed by atoms with Crippen LogP contribution in [0.15, 0.2) is 46.8 Å². The highest BCUT2D eigenvalue weighted by Crippen LogP contribution is 2.40. The van der Waals surface area contributed by atoms with Gasteiger partial charge in [-0.05, 0) is 49.2 Å². The fraction of sp³-hybridized carbons (Fsp3) is 0.286. The molecule has 30 heavy (non-hydrogen) atoms. The molecule has 7 nitrogen and oxygen atoms in total. The second kappa shape index (κ2) is 7.81. The lowest BCUT2D eigenvalue weighted by Gasteiger charge is -2.33. The van der Waals surface area contributed by atoms with Crippen molar-refractivity contribution < 1.29 is 13.2 Å². The van der Waals surface area contributed by atoms with Crippen LogP contribution < -0.4 is 19.3 Å². The number of sulfonamides is 1. The molecule has 0 fully saturated rings. The van der Waals surface area contributed by atoms with Crippen LogP contribution in [0.5, 0.6) is 5.75 Å². The van der Waals surface area contributed by atoms with Gasteiger partial charge in [0.25, 0.3) is 10.0 Å². The lowest BCUT2D eigenvalue weighted by atomic mass is 10.1. The van der Waals surface area contributed by atoms with Crippen molar-refractivity contribution in [3.63, 3.8) is 0 Å². The van der Waals surface area contributed by atoms with Gasteiger partial charge in [-0.1, -0.05) is 0 Å². The molecule has 1 aromatic heterocycles. The molecule has 0 unspecified atom stereocenters. The van der Waals surface area contributed by atoms with Crippen LogP contribution >= 0.6 is 11.3 Å². The molecule has 0 saturated heterocycles. The smallest absolute Gasteiger partial charge is 0.263 e. The van der Waals surface area contributed by atoms with Gasteiger partial charge in [0, 0.05) is 43.1 Å². The molecular formula is C21H24N4O3S2. The van der Waals surface area contributed by atoms with Crippen LogP contribution in [-0.2, 0) is 10.0 Å². The molecule has 2 aromatic carbocycles. The highest BCUT2D eigenvalue weighted by Gasteiger charge is 2.24. The van der Waals surface area contributed by atoms with E-state index in [0.717, 1.165) is 11.4 Å². The van der Waals surface area contributed by atoms with Crippen LogP contribution in [0.25, 0.3) is 0 Å². The first-order valence-electron chi connectivity index (χ1n) is 9.51. The van der Waals surface area contributed by atoms with Gasteiger partial charge in [0.15, 0.2) is 5.13 Å². The second-order valence-corrected chi connectivity index (χ2v) is 9.97. The average molecular weight is 445 g/mol. The van der Waals surface area contributed by atoms with Gasteiger partial charge in [-0.2, -0.15) is 0 Å². The van der Waals surface area contributed by atoms with Crippen LogP contribution in [0.3, 0.4) is 0 Å². The van der Waals surface area contributed by atoms with Crippen molar-refractivity contribution in [2.45, 2.75) is 18.7 Å². The molecule has 2 heterocycles. The maximum absolute atomic E-state index is 12.7. The first kappa shape index (κ1) is 20.5. The summed E-state index contributed by atoms with van der Waals surface area (Å²) < 4.78 is 33.7. The van der Waals surface area contributed by atoms with E-state index in [9.17, 15) is 8.42 Å². The summed E-state index contributed by atoms with van der Waals surface area (Å²) >= 11 is 1.23. The molecule has 0 aliphatic carbocycles. The monoisotopic (exact) mass is 444 g/mol. The van der Waals surface area contributed by atoms with E-state index in [1.54, 1.807) is 29.8 Å². The quantitative estimate of drug-likeness (QED) is 0.637. The lowest BCUT2D eigenvalue weighted by molar-refractivity contribution is 0.313. The molecular weight excluding hydrogens is 420 g/mol. The normalized spacial score (nSPS) is 13.5. The van der Waals surface area contributed by atoms with Gasteiger partial charge >= 0.3 is 0 Å². The minimum atomic E-state index is -3.73. The summed E-state index contributed by atoms with van der Waals surface area (Å²) in [7, 11) is 0.351. The predicted molar refractivity (Wildman–Crippen MR) is 122 cm³/mol. The summed E-state index contributed by atoms with van der Waals surface area (Å²) in [6.45, 7) is 5.38. The second-order valence-electron chi connectivity index (χ2n) is 7.39. The zero-order chi connectivity index (χ0) is 21.5. The summed E-state index contributed by atoms with van der Waals surface area (Å²) in [5, 5.41) is 2.05. The molecule has 0 radical (unpaired) electrons. The van der Waals surface area contributed by atoms with Crippen molar-refractivity contribution in [3.05, 3.63) is 53.0 Å². The Labute approximate surface area is 181 Å². The van der Waals surface area contributed by atoms with Crippen molar-refractivity contribution in [1.29, 1.82) is 0 Å². The zero-order valence-corrected chi connectivity index (χ0v) is 19.0.